The van der Waals surface area contributed by atoms with Gasteiger partial charge in [-0.3, -0.25) is 4.79 Å². The topological polar surface area (TPSA) is 29.5 Å². The van der Waals surface area contributed by atoms with Crippen LogP contribution in [0.15, 0.2) is 36.4 Å². The molecule has 106 valence electrons. The van der Waals surface area contributed by atoms with E-state index in [4.69, 9.17) is 16.3 Å². The third kappa shape index (κ3) is 3.23. The molecule has 2 aromatic rings. The largest absolute Gasteiger partial charge is 0.497 e. The van der Waals surface area contributed by atoms with Gasteiger partial charge in [-0.05, 0) is 41.5 Å². The maximum absolute atomic E-state index is 11.8. The maximum atomic E-state index is 11.8. The second-order valence-electron chi connectivity index (χ2n) is 4.86. The Hall–Kier alpha value is -1.74. The van der Waals surface area contributed by atoms with Crippen molar-refractivity contribution in [2.24, 2.45) is 0 Å². The normalized spacial score (nSPS) is 12.2. The summed E-state index contributed by atoms with van der Waals surface area (Å²) >= 11 is 5.81. The van der Waals surface area contributed by atoms with Crippen LogP contribution in [0.1, 0.15) is 12.5 Å². The van der Waals surface area contributed by atoms with E-state index in [1.165, 1.54) is 0 Å². The molecule has 0 aliphatic heterocycles. The molecule has 0 unspecified atom stereocenters. The highest BCUT2D eigenvalue weighted by Gasteiger charge is 2.14. The lowest BCUT2D eigenvalue weighted by Gasteiger charge is -2.18. The predicted molar refractivity (Wildman–Crippen MR) is 82.3 cm³/mol. The molecule has 0 radical (unpaired) electrons. The Balaban J connectivity index is 2.22. The summed E-state index contributed by atoms with van der Waals surface area (Å²) in [4.78, 5) is 13.4. The van der Waals surface area contributed by atoms with E-state index in [0.29, 0.717) is 6.54 Å². The van der Waals surface area contributed by atoms with Gasteiger partial charge >= 0.3 is 0 Å². The van der Waals surface area contributed by atoms with Gasteiger partial charge in [0.2, 0.25) is 5.91 Å². The van der Waals surface area contributed by atoms with E-state index in [-0.39, 0.29) is 5.91 Å². The second-order valence-corrected chi connectivity index (χ2v) is 5.51. The number of carbonyl (C=O) groups excluding carboxylic acids is 1. The van der Waals surface area contributed by atoms with Crippen molar-refractivity contribution < 1.29 is 9.53 Å². The molecular weight excluding hydrogens is 274 g/mol. The van der Waals surface area contributed by atoms with Crippen molar-refractivity contribution >= 4 is 28.3 Å². The van der Waals surface area contributed by atoms with Crippen LogP contribution in [0.4, 0.5) is 0 Å². The quantitative estimate of drug-likeness (QED) is 0.808. The average Bonchev–Trinajstić information content (AvgIpc) is 2.45. The van der Waals surface area contributed by atoms with Gasteiger partial charge in [0.1, 0.15) is 11.1 Å². The van der Waals surface area contributed by atoms with Crippen LogP contribution < -0.4 is 4.74 Å². The summed E-state index contributed by atoms with van der Waals surface area (Å²) in [5.41, 5.74) is 1.08. The Kier molecular flexibility index (Phi) is 4.50. The number of nitrogens with zero attached hydrogens (tertiary/aromatic N) is 1. The van der Waals surface area contributed by atoms with Gasteiger partial charge in [-0.25, -0.2) is 0 Å². The molecule has 0 bridgehead atoms. The number of amides is 1. The molecular formula is C16H18ClNO2. The molecule has 0 aromatic heterocycles. The molecule has 2 aromatic carbocycles. The molecule has 0 fully saturated rings. The highest BCUT2D eigenvalue weighted by Crippen LogP contribution is 2.22. The highest BCUT2D eigenvalue weighted by molar-refractivity contribution is 6.30. The number of fused-ring (bicyclic) bond motifs is 1. The fourth-order valence-electron chi connectivity index (χ4n) is 2.15. The van der Waals surface area contributed by atoms with E-state index in [0.717, 1.165) is 22.1 Å². The van der Waals surface area contributed by atoms with E-state index >= 15 is 0 Å². The lowest BCUT2D eigenvalue weighted by molar-refractivity contribution is -0.129. The molecule has 20 heavy (non-hydrogen) atoms. The Morgan fingerprint density at radius 2 is 1.90 bits per heavy atom. The first-order chi connectivity index (χ1) is 9.51. The molecule has 0 saturated carbocycles. The molecule has 0 N–H and O–H groups in total. The molecule has 0 heterocycles. The number of methoxy groups -OCH3 is 1. The van der Waals surface area contributed by atoms with Crippen LogP contribution in [0.2, 0.25) is 0 Å². The molecule has 0 aliphatic carbocycles. The highest BCUT2D eigenvalue weighted by atomic mass is 35.5. The fourth-order valence-corrected chi connectivity index (χ4v) is 2.32. The van der Waals surface area contributed by atoms with E-state index < -0.39 is 5.38 Å². The van der Waals surface area contributed by atoms with Crippen LogP contribution >= 0.6 is 11.6 Å². The summed E-state index contributed by atoms with van der Waals surface area (Å²) in [6.07, 6.45) is 0. The molecule has 3 nitrogen and oxygen atoms in total. The van der Waals surface area contributed by atoms with E-state index in [9.17, 15) is 4.79 Å². The van der Waals surface area contributed by atoms with Gasteiger partial charge in [0.25, 0.3) is 0 Å². The van der Waals surface area contributed by atoms with Crippen molar-refractivity contribution in [1.82, 2.24) is 4.90 Å². The summed E-state index contributed by atoms with van der Waals surface area (Å²) in [6, 6.07) is 12.1. The molecule has 1 amide bonds. The first kappa shape index (κ1) is 14.7. The van der Waals surface area contributed by atoms with Crippen LogP contribution in [0, 0.1) is 0 Å². The summed E-state index contributed by atoms with van der Waals surface area (Å²) < 4.78 is 5.21. The van der Waals surface area contributed by atoms with Gasteiger partial charge in [-0.15, -0.1) is 11.6 Å². The number of ether oxygens (including phenoxy) is 1. The number of alkyl halides is 1. The van der Waals surface area contributed by atoms with Gasteiger partial charge in [0.15, 0.2) is 0 Å². The van der Waals surface area contributed by atoms with Crippen LogP contribution in [0.3, 0.4) is 0 Å². The zero-order chi connectivity index (χ0) is 14.7. The number of hydrogen-bond acceptors (Lipinski definition) is 2. The standard InChI is InChI=1S/C16H18ClNO2/c1-11(17)16(19)18(2)10-12-4-5-14-9-15(20-3)7-6-13(14)8-12/h4-9,11H,10H2,1-3H3/t11-/m1/s1. The minimum Gasteiger partial charge on any atom is -0.497 e. The number of hydrogen-bond donors (Lipinski definition) is 0. The van der Waals surface area contributed by atoms with Crippen LogP contribution in [-0.4, -0.2) is 30.3 Å². The molecule has 1 atom stereocenters. The summed E-state index contributed by atoms with van der Waals surface area (Å²) in [6.45, 7) is 2.24. The van der Waals surface area contributed by atoms with Crippen LogP contribution in [0.25, 0.3) is 10.8 Å². The number of halogens is 1. The zero-order valence-corrected chi connectivity index (χ0v) is 12.6. The molecule has 4 heteroatoms. The smallest absolute Gasteiger partial charge is 0.240 e. The SMILES string of the molecule is COc1ccc2cc(CN(C)C(=O)[C@@H](C)Cl)ccc2c1. The van der Waals surface area contributed by atoms with Gasteiger partial charge in [0, 0.05) is 13.6 Å². The van der Waals surface area contributed by atoms with E-state index in [1.54, 1.807) is 26.0 Å². The van der Waals surface area contributed by atoms with E-state index in [2.05, 4.69) is 6.07 Å². The molecule has 0 spiro atoms. The lowest BCUT2D eigenvalue weighted by atomic mass is 10.1. The molecule has 0 saturated heterocycles. The predicted octanol–water partition coefficient (Wildman–Crippen LogP) is 3.43. The van der Waals surface area contributed by atoms with Gasteiger partial charge in [0.05, 0.1) is 7.11 Å². The first-order valence-corrected chi connectivity index (χ1v) is 6.90. The Labute approximate surface area is 124 Å². The summed E-state index contributed by atoms with van der Waals surface area (Å²) in [7, 11) is 3.42. The Bertz CT molecular complexity index is 625. The number of rotatable bonds is 4. The van der Waals surface area contributed by atoms with Crippen LogP contribution in [0.5, 0.6) is 5.75 Å². The van der Waals surface area contributed by atoms with E-state index in [1.807, 2.05) is 30.3 Å². The number of benzene rings is 2. The van der Waals surface area contributed by atoms with Gasteiger partial charge in [-0.1, -0.05) is 18.2 Å². The Morgan fingerprint density at radius 1 is 1.25 bits per heavy atom. The van der Waals surface area contributed by atoms with Crippen molar-refractivity contribution in [2.45, 2.75) is 18.8 Å². The minimum absolute atomic E-state index is 0.0681. The number of carbonyl (C=O) groups is 1. The van der Waals surface area contributed by atoms with Crippen molar-refractivity contribution in [3.63, 3.8) is 0 Å². The fraction of sp³-hybridized carbons (Fsp3) is 0.312. The average molecular weight is 292 g/mol. The molecule has 0 aliphatic rings. The van der Waals surface area contributed by atoms with Crippen molar-refractivity contribution in [1.29, 1.82) is 0 Å². The Morgan fingerprint density at radius 3 is 2.55 bits per heavy atom. The van der Waals surface area contributed by atoms with Crippen molar-refractivity contribution in [3.8, 4) is 5.75 Å². The maximum Gasteiger partial charge on any atom is 0.240 e. The summed E-state index contributed by atoms with van der Waals surface area (Å²) in [5, 5.41) is 1.75. The first-order valence-electron chi connectivity index (χ1n) is 6.47. The van der Waals surface area contributed by atoms with Crippen molar-refractivity contribution in [3.05, 3.63) is 42.0 Å². The van der Waals surface area contributed by atoms with Gasteiger partial charge < -0.3 is 9.64 Å². The third-order valence-electron chi connectivity index (χ3n) is 3.25. The minimum atomic E-state index is -0.496. The van der Waals surface area contributed by atoms with Crippen LogP contribution in [-0.2, 0) is 11.3 Å². The third-order valence-corrected chi connectivity index (χ3v) is 3.43. The monoisotopic (exact) mass is 291 g/mol. The molecule has 2 rings (SSSR count). The van der Waals surface area contributed by atoms with Crippen molar-refractivity contribution in [2.75, 3.05) is 14.2 Å². The second kappa shape index (κ2) is 6.14. The summed E-state index contributed by atoms with van der Waals surface area (Å²) in [5.74, 6) is 0.773. The zero-order valence-electron chi connectivity index (χ0n) is 11.9. The van der Waals surface area contributed by atoms with Gasteiger partial charge in [-0.2, -0.15) is 0 Å². The lowest BCUT2D eigenvalue weighted by Crippen LogP contribution is -2.31.